The number of aliphatic carboxylic acids is 1. The van der Waals surface area contributed by atoms with Gasteiger partial charge >= 0.3 is 5.97 Å². The minimum Gasteiger partial charge on any atom is -0.491 e. The van der Waals surface area contributed by atoms with Crippen LogP contribution in [0.1, 0.15) is 12.8 Å². The molecule has 0 spiro atoms. The van der Waals surface area contributed by atoms with Gasteiger partial charge in [0.2, 0.25) is 5.91 Å². The number of likely N-dealkylation sites (tertiary alicyclic amines) is 1. The largest absolute Gasteiger partial charge is 0.491 e. The van der Waals surface area contributed by atoms with Crippen molar-refractivity contribution in [1.29, 1.82) is 0 Å². The second kappa shape index (κ2) is 7.00. The van der Waals surface area contributed by atoms with Crippen LogP contribution in [0.25, 0.3) is 0 Å². The first kappa shape index (κ1) is 15.9. The molecule has 1 atom stereocenters. The van der Waals surface area contributed by atoms with Crippen LogP contribution in [0.15, 0.2) is 18.2 Å². The molecule has 114 valence electrons. The highest BCUT2D eigenvalue weighted by molar-refractivity contribution is 6.42. The summed E-state index contributed by atoms with van der Waals surface area (Å²) < 4.78 is 5.44. The summed E-state index contributed by atoms with van der Waals surface area (Å²) in [7, 11) is 0. The second-order valence-corrected chi connectivity index (χ2v) is 5.60. The fourth-order valence-electron chi connectivity index (χ4n) is 2.19. The molecule has 1 N–H and O–H groups in total. The predicted octanol–water partition coefficient (Wildman–Crippen LogP) is 2.70. The van der Waals surface area contributed by atoms with Crippen molar-refractivity contribution in [3.8, 4) is 5.75 Å². The summed E-state index contributed by atoms with van der Waals surface area (Å²) in [5.41, 5.74) is 0. The van der Waals surface area contributed by atoms with Crippen LogP contribution < -0.4 is 4.74 Å². The van der Waals surface area contributed by atoms with E-state index in [2.05, 4.69) is 0 Å². The monoisotopic (exact) mass is 331 g/mol. The standard InChI is InChI=1S/C14H15Cl2NO4/c15-10-2-1-3-11(13(10)16)21-7-5-12(18)17-6-4-9(8-17)14(19)20/h1-3,9H,4-8H2,(H,19,20)/t9-/m0/s1. The summed E-state index contributed by atoms with van der Waals surface area (Å²) in [6.45, 7) is 0.924. The van der Waals surface area contributed by atoms with E-state index in [9.17, 15) is 9.59 Å². The number of nitrogens with zero attached hydrogens (tertiary/aromatic N) is 1. The number of carboxylic acid groups (broad SMARTS) is 1. The number of hydrogen-bond acceptors (Lipinski definition) is 3. The number of hydrogen-bond donors (Lipinski definition) is 1. The number of halogens is 2. The number of amides is 1. The molecule has 1 aliphatic rings. The van der Waals surface area contributed by atoms with Crippen molar-refractivity contribution in [3.05, 3.63) is 28.2 Å². The number of carbonyl (C=O) groups is 2. The Bertz CT molecular complexity index is 550. The molecule has 21 heavy (non-hydrogen) atoms. The lowest BCUT2D eigenvalue weighted by Gasteiger charge is -2.16. The Hall–Kier alpha value is -1.46. The molecule has 2 rings (SSSR count). The molecule has 0 aliphatic carbocycles. The van der Waals surface area contributed by atoms with Gasteiger partial charge in [0, 0.05) is 13.1 Å². The van der Waals surface area contributed by atoms with Crippen molar-refractivity contribution in [2.45, 2.75) is 12.8 Å². The van der Waals surface area contributed by atoms with Gasteiger partial charge in [-0.05, 0) is 18.6 Å². The van der Waals surface area contributed by atoms with E-state index in [1.54, 1.807) is 23.1 Å². The third-order valence-electron chi connectivity index (χ3n) is 3.38. The summed E-state index contributed by atoms with van der Waals surface area (Å²) in [6.07, 6.45) is 0.678. The van der Waals surface area contributed by atoms with Gasteiger partial charge in [0.15, 0.2) is 0 Å². The first-order valence-corrected chi connectivity index (χ1v) is 7.32. The van der Waals surface area contributed by atoms with Crippen molar-refractivity contribution in [1.82, 2.24) is 4.90 Å². The van der Waals surface area contributed by atoms with E-state index < -0.39 is 11.9 Å². The smallest absolute Gasteiger partial charge is 0.308 e. The molecule has 5 nitrogen and oxygen atoms in total. The van der Waals surface area contributed by atoms with Crippen LogP contribution in [0.4, 0.5) is 0 Å². The topological polar surface area (TPSA) is 66.8 Å². The van der Waals surface area contributed by atoms with Crippen molar-refractivity contribution in [3.63, 3.8) is 0 Å². The van der Waals surface area contributed by atoms with Gasteiger partial charge in [-0.2, -0.15) is 0 Å². The molecule has 0 bridgehead atoms. The molecule has 1 aromatic carbocycles. The van der Waals surface area contributed by atoms with Crippen molar-refractivity contribution in [2.24, 2.45) is 5.92 Å². The first-order valence-electron chi connectivity index (χ1n) is 6.56. The van der Waals surface area contributed by atoms with Crippen LogP contribution in [0.2, 0.25) is 10.0 Å². The molecule has 0 saturated carbocycles. The zero-order valence-corrected chi connectivity index (χ0v) is 12.7. The zero-order valence-electron chi connectivity index (χ0n) is 11.2. The Morgan fingerprint density at radius 2 is 2.14 bits per heavy atom. The number of ether oxygens (including phenoxy) is 1. The van der Waals surface area contributed by atoms with Crippen LogP contribution in [-0.2, 0) is 9.59 Å². The normalized spacial score (nSPS) is 17.8. The average Bonchev–Trinajstić information content (AvgIpc) is 2.93. The number of carboxylic acids is 1. The Labute approximate surface area is 132 Å². The van der Waals surface area contributed by atoms with E-state index in [4.69, 9.17) is 33.0 Å². The maximum atomic E-state index is 11.9. The number of rotatable bonds is 5. The van der Waals surface area contributed by atoms with E-state index in [1.165, 1.54) is 0 Å². The predicted molar refractivity (Wildman–Crippen MR) is 78.9 cm³/mol. The lowest BCUT2D eigenvalue weighted by molar-refractivity contribution is -0.141. The third-order valence-corrected chi connectivity index (χ3v) is 4.18. The highest BCUT2D eigenvalue weighted by atomic mass is 35.5. The molecule has 0 radical (unpaired) electrons. The van der Waals surface area contributed by atoms with E-state index >= 15 is 0 Å². The van der Waals surface area contributed by atoms with Gasteiger partial charge in [0.05, 0.1) is 24.0 Å². The van der Waals surface area contributed by atoms with E-state index in [-0.39, 0.29) is 25.5 Å². The lowest BCUT2D eigenvalue weighted by atomic mass is 10.1. The number of carbonyl (C=O) groups excluding carboxylic acids is 1. The highest BCUT2D eigenvalue weighted by Crippen LogP contribution is 2.31. The van der Waals surface area contributed by atoms with Gasteiger partial charge in [-0.25, -0.2) is 0 Å². The molecule has 1 heterocycles. The molecule has 1 aromatic rings. The van der Waals surface area contributed by atoms with Crippen LogP contribution >= 0.6 is 23.2 Å². The SMILES string of the molecule is O=C(O)[C@H]1CCN(C(=O)CCOc2cccc(Cl)c2Cl)C1. The van der Waals surface area contributed by atoms with Crippen molar-refractivity contribution >= 4 is 35.1 Å². The molecule has 1 saturated heterocycles. The van der Waals surface area contributed by atoms with Gasteiger partial charge < -0.3 is 14.7 Å². The van der Waals surface area contributed by atoms with Gasteiger partial charge in [0.25, 0.3) is 0 Å². The van der Waals surface area contributed by atoms with Gasteiger partial charge in [0.1, 0.15) is 10.8 Å². The Kier molecular flexibility index (Phi) is 5.31. The van der Waals surface area contributed by atoms with Crippen LogP contribution in [0.5, 0.6) is 5.75 Å². The fourth-order valence-corrected chi connectivity index (χ4v) is 2.54. The zero-order chi connectivity index (χ0) is 15.4. The summed E-state index contributed by atoms with van der Waals surface area (Å²) in [4.78, 5) is 24.4. The summed E-state index contributed by atoms with van der Waals surface area (Å²) >= 11 is 11.8. The second-order valence-electron chi connectivity index (χ2n) is 4.81. The Balaban J connectivity index is 1.80. The molecule has 7 heteroatoms. The lowest BCUT2D eigenvalue weighted by Crippen LogP contribution is -2.30. The molecular weight excluding hydrogens is 317 g/mol. The van der Waals surface area contributed by atoms with Crippen LogP contribution in [-0.4, -0.2) is 41.6 Å². The molecule has 1 fully saturated rings. The highest BCUT2D eigenvalue weighted by Gasteiger charge is 2.30. The minimum absolute atomic E-state index is 0.114. The van der Waals surface area contributed by atoms with E-state index in [0.717, 1.165) is 0 Å². The number of benzene rings is 1. The molecule has 0 unspecified atom stereocenters. The van der Waals surface area contributed by atoms with E-state index in [1.807, 2.05) is 0 Å². The maximum Gasteiger partial charge on any atom is 0.308 e. The Morgan fingerprint density at radius 1 is 1.38 bits per heavy atom. The third kappa shape index (κ3) is 4.02. The van der Waals surface area contributed by atoms with Crippen molar-refractivity contribution < 1.29 is 19.4 Å². The molecule has 1 aliphatic heterocycles. The van der Waals surface area contributed by atoms with Gasteiger partial charge in [-0.15, -0.1) is 0 Å². The first-order chi connectivity index (χ1) is 9.99. The summed E-state index contributed by atoms with van der Waals surface area (Å²) in [6, 6.07) is 5.04. The minimum atomic E-state index is -0.854. The molecular formula is C14H15Cl2NO4. The quantitative estimate of drug-likeness (QED) is 0.900. The summed E-state index contributed by atoms with van der Waals surface area (Å²) in [5.74, 6) is -0.997. The summed E-state index contributed by atoms with van der Waals surface area (Å²) in [5, 5.41) is 9.62. The van der Waals surface area contributed by atoms with Gasteiger partial charge in [-0.1, -0.05) is 29.3 Å². The van der Waals surface area contributed by atoms with Gasteiger partial charge in [-0.3, -0.25) is 9.59 Å². The van der Waals surface area contributed by atoms with Crippen LogP contribution in [0, 0.1) is 5.92 Å². The van der Waals surface area contributed by atoms with Crippen LogP contribution in [0.3, 0.4) is 0 Å². The molecule has 1 amide bonds. The van der Waals surface area contributed by atoms with Crippen molar-refractivity contribution in [2.75, 3.05) is 19.7 Å². The average molecular weight is 332 g/mol. The maximum absolute atomic E-state index is 11.9. The Morgan fingerprint density at radius 3 is 2.81 bits per heavy atom. The van der Waals surface area contributed by atoms with E-state index in [0.29, 0.717) is 28.8 Å². The molecule has 0 aromatic heterocycles. The fraction of sp³-hybridized carbons (Fsp3) is 0.429.